The van der Waals surface area contributed by atoms with Gasteiger partial charge in [-0.2, -0.15) is 8.42 Å². The fourth-order valence-corrected chi connectivity index (χ4v) is 2.32. The second kappa shape index (κ2) is 23.1. The molecule has 0 bridgehead atoms. The van der Waals surface area contributed by atoms with Gasteiger partial charge in [-0.25, -0.2) is 4.79 Å². The second-order valence-electron chi connectivity index (χ2n) is 5.36. The molecule has 0 saturated heterocycles. The molecule has 0 aliphatic rings. The Morgan fingerprint density at radius 2 is 1.33 bits per heavy atom. The summed E-state index contributed by atoms with van der Waals surface area (Å²) in [5, 5.41) is 0. The van der Waals surface area contributed by atoms with E-state index in [4.69, 9.17) is 17.5 Å². The maximum Gasteiger partial charge on any atom is 0.394 e. The zero-order chi connectivity index (χ0) is 19.3. The molecule has 0 saturated carbocycles. The van der Waals surface area contributed by atoms with E-state index in [1.54, 1.807) is 0 Å². The zero-order valence-electron chi connectivity index (χ0n) is 15.5. The van der Waals surface area contributed by atoms with E-state index in [1.807, 2.05) is 0 Å². The molecule has 24 heavy (non-hydrogen) atoms. The van der Waals surface area contributed by atoms with Gasteiger partial charge in [0.1, 0.15) is 0 Å². The fourth-order valence-electron chi connectivity index (χ4n) is 1.82. The number of carbonyl (C=O) groups excluding carboxylic acids is 1. The van der Waals surface area contributed by atoms with Gasteiger partial charge in [-0.3, -0.25) is 9.11 Å². The summed E-state index contributed by atoms with van der Waals surface area (Å²) in [7, 11) is -3.36. The summed E-state index contributed by atoms with van der Waals surface area (Å²) in [4.78, 5) is 9.84. The van der Waals surface area contributed by atoms with E-state index in [0.717, 1.165) is 6.08 Å². The number of esters is 1. The van der Waals surface area contributed by atoms with Crippen molar-refractivity contribution >= 4 is 44.3 Å². The molecule has 8 heteroatoms. The molecule has 0 fully saturated rings. The smallest absolute Gasteiger partial charge is 0.264 e. The third-order valence-electron chi connectivity index (χ3n) is 3.07. The van der Waals surface area contributed by atoms with Crippen LogP contribution in [0.5, 0.6) is 0 Å². The van der Waals surface area contributed by atoms with E-state index < -0.39 is 16.4 Å². The van der Waals surface area contributed by atoms with Gasteiger partial charge in [-0.05, 0) is 0 Å². The van der Waals surface area contributed by atoms with Crippen molar-refractivity contribution in [2.24, 2.45) is 0 Å². The first-order valence-corrected chi connectivity index (χ1v) is 11.4. The van der Waals surface area contributed by atoms with Crippen LogP contribution >= 0.6 is 0 Å². The van der Waals surface area contributed by atoms with E-state index >= 15 is 0 Å². The van der Waals surface area contributed by atoms with Crippen molar-refractivity contribution in [1.82, 2.24) is 0 Å². The monoisotopic (exact) mass is 376 g/mol. The van der Waals surface area contributed by atoms with Gasteiger partial charge in [0.05, 0.1) is 7.11 Å². The fraction of sp³-hybridized carbons (Fsp3) is 0.812. The average molecular weight is 376 g/mol. The summed E-state index contributed by atoms with van der Waals surface area (Å²) >= 11 is 1.41. The van der Waals surface area contributed by atoms with Crippen molar-refractivity contribution in [2.45, 2.75) is 74.8 Å². The van der Waals surface area contributed by atoms with E-state index in [0.29, 0.717) is 0 Å². The van der Waals surface area contributed by atoms with Crippen molar-refractivity contribution in [3.8, 4) is 0 Å². The minimum absolute atomic E-state index is 0.394. The molecule has 0 atom stereocenters. The minimum atomic E-state index is -4.67. The van der Waals surface area contributed by atoms with E-state index in [1.165, 1.54) is 103 Å². The van der Waals surface area contributed by atoms with Crippen LogP contribution in [0.3, 0.4) is 0 Å². The van der Waals surface area contributed by atoms with Crippen LogP contribution in [0.4, 0.5) is 0 Å². The standard InChI is InChI=1S/C12H25.C4H6O2.Na.H2O4S/c1-3-5-7-9-11-12-10-8-6-4-2;1-3-4(5)6-2;;1-5(2,3)4/h1,3-12H2,2H3;3H,1H2,2H3;;(H2,1,2,3,4). The molecule has 0 heterocycles. The Morgan fingerprint density at radius 1 is 1.00 bits per heavy atom. The normalized spacial score (nSPS) is 9.92. The maximum absolute atomic E-state index is 9.84. The van der Waals surface area contributed by atoms with E-state index in [9.17, 15) is 4.79 Å². The van der Waals surface area contributed by atoms with Gasteiger partial charge in [0, 0.05) is 6.08 Å². The molecule has 0 spiro atoms. The Kier molecular flexibility index (Phi) is 27.8. The topological polar surface area (TPSA) is 101 Å². The molecule has 6 nitrogen and oxygen atoms in total. The van der Waals surface area contributed by atoms with Gasteiger partial charge in [0.25, 0.3) is 0 Å². The molecule has 0 aromatic heterocycles. The SMILES string of the molecule is C=CC(=O)OC.CCCCCCCCCCC[CH2][Na].O=S(=O)(O)O. The van der Waals surface area contributed by atoms with Gasteiger partial charge < -0.3 is 4.74 Å². The molecule has 0 rings (SSSR count). The zero-order valence-corrected chi connectivity index (χ0v) is 18.3. The largest absolute Gasteiger partial charge is 0.394 e. The molecular formula is C16H33NaO6S. The Labute approximate surface area is 165 Å². The summed E-state index contributed by atoms with van der Waals surface area (Å²) in [5.74, 6) is -0.394. The molecule has 0 aromatic carbocycles. The second-order valence-corrected chi connectivity index (χ2v) is 7.25. The van der Waals surface area contributed by atoms with Crippen molar-refractivity contribution in [1.29, 1.82) is 0 Å². The molecule has 0 aromatic rings. The van der Waals surface area contributed by atoms with Crippen LogP contribution in [-0.4, -0.2) is 58.5 Å². The van der Waals surface area contributed by atoms with Crippen LogP contribution < -0.4 is 0 Å². The molecule has 140 valence electrons. The molecule has 0 radical (unpaired) electrons. The van der Waals surface area contributed by atoms with Crippen LogP contribution in [0.1, 0.15) is 71.1 Å². The Balaban J connectivity index is -0.000000332. The predicted molar refractivity (Wildman–Crippen MR) is 98.8 cm³/mol. The van der Waals surface area contributed by atoms with Crippen LogP contribution in [0.2, 0.25) is 3.67 Å². The van der Waals surface area contributed by atoms with Crippen molar-refractivity contribution < 1.29 is 27.1 Å². The summed E-state index contributed by atoms with van der Waals surface area (Å²) in [6.07, 6.45) is 15.8. The number of carbonyl (C=O) groups is 1. The molecule has 2 N–H and O–H groups in total. The van der Waals surface area contributed by atoms with Crippen molar-refractivity contribution in [3.05, 3.63) is 12.7 Å². The van der Waals surface area contributed by atoms with Crippen molar-refractivity contribution in [2.75, 3.05) is 7.11 Å². The summed E-state index contributed by atoms with van der Waals surface area (Å²) in [6, 6.07) is 0. The van der Waals surface area contributed by atoms with Crippen LogP contribution in [0, 0.1) is 0 Å². The molecule has 0 aliphatic carbocycles. The maximum atomic E-state index is 9.84. The average Bonchev–Trinajstić information content (AvgIpc) is 2.51. The molecule has 0 aliphatic heterocycles. The molecular weight excluding hydrogens is 343 g/mol. The van der Waals surface area contributed by atoms with E-state index in [-0.39, 0.29) is 0 Å². The third kappa shape index (κ3) is 49.5. The number of rotatable bonds is 11. The van der Waals surface area contributed by atoms with Gasteiger partial charge in [-0.15, -0.1) is 0 Å². The van der Waals surface area contributed by atoms with Gasteiger partial charge >= 0.3 is 119 Å². The van der Waals surface area contributed by atoms with Crippen LogP contribution in [-0.2, 0) is 19.9 Å². The summed E-state index contributed by atoms with van der Waals surface area (Å²) in [6.45, 7) is 5.44. The van der Waals surface area contributed by atoms with Gasteiger partial charge in [0.2, 0.25) is 0 Å². The number of methoxy groups -OCH3 is 1. The third-order valence-corrected chi connectivity index (χ3v) is 3.78. The van der Waals surface area contributed by atoms with Crippen LogP contribution in [0.25, 0.3) is 0 Å². The first kappa shape index (κ1) is 28.9. The van der Waals surface area contributed by atoms with E-state index in [2.05, 4.69) is 18.2 Å². The number of unbranched alkanes of at least 4 members (excludes halogenated alkanes) is 9. The van der Waals surface area contributed by atoms with Gasteiger partial charge in [0.15, 0.2) is 0 Å². The Morgan fingerprint density at radius 3 is 1.54 bits per heavy atom. The minimum Gasteiger partial charge on any atom is -0.264 e. The van der Waals surface area contributed by atoms with Crippen LogP contribution in [0.15, 0.2) is 12.7 Å². The van der Waals surface area contributed by atoms with Crippen molar-refractivity contribution in [3.63, 3.8) is 0 Å². The quantitative estimate of drug-likeness (QED) is 0.184. The van der Waals surface area contributed by atoms with Gasteiger partial charge in [-0.1, -0.05) is 6.58 Å². The molecule has 0 amide bonds. The Bertz CT molecular complexity index is 353. The Hall–Kier alpha value is 0.0800. The molecule has 0 unspecified atom stereocenters. The first-order valence-electron chi connectivity index (χ1n) is 8.63. The predicted octanol–water partition coefficient (Wildman–Crippen LogP) is 4.19. The summed E-state index contributed by atoms with van der Waals surface area (Å²) < 4.78 is 37.2. The first-order chi connectivity index (χ1) is 11.2. The summed E-state index contributed by atoms with van der Waals surface area (Å²) in [5.41, 5.74) is 0. The number of ether oxygens (including phenoxy) is 1. The number of hydrogen-bond donors (Lipinski definition) is 2. The number of hydrogen-bond acceptors (Lipinski definition) is 4.